The first-order chi connectivity index (χ1) is 9.53. The third-order valence-electron chi connectivity index (χ3n) is 3.12. The molecule has 0 spiro atoms. The van der Waals surface area contributed by atoms with Crippen LogP contribution in [-0.4, -0.2) is 36.9 Å². The van der Waals surface area contributed by atoms with E-state index in [-0.39, 0.29) is 19.1 Å². The van der Waals surface area contributed by atoms with Gasteiger partial charge in [0.1, 0.15) is 5.60 Å². The van der Waals surface area contributed by atoms with E-state index in [1.807, 2.05) is 36.4 Å². The molecule has 2 aromatic rings. The van der Waals surface area contributed by atoms with Crippen LogP contribution in [0.4, 0.5) is 0 Å². The first kappa shape index (κ1) is 14.5. The van der Waals surface area contributed by atoms with Crippen LogP contribution in [0.25, 0.3) is 10.8 Å². The summed E-state index contributed by atoms with van der Waals surface area (Å²) in [5.74, 6) is -0.196. The minimum Gasteiger partial charge on any atom is -0.386 e. The van der Waals surface area contributed by atoms with E-state index < -0.39 is 5.60 Å². The topological polar surface area (TPSA) is 58.6 Å². The van der Waals surface area contributed by atoms with Gasteiger partial charge in [-0.2, -0.15) is 0 Å². The summed E-state index contributed by atoms with van der Waals surface area (Å²) < 4.78 is 4.91. The fourth-order valence-electron chi connectivity index (χ4n) is 2.15. The maximum Gasteiger partial charge on any atom is 0.252 e. The Morgan fingerprint density at radius 2 is 1.95 bits per heavy atom. The Bertz CT molecular complexity index is 602. The van der Waals surface area contributed by atoms with E-state index >= 15 is 0 Å². The predicted octanol–water partition coefficient (Wildman–Crippen LogP) is 1.97. The Hall–Kier alpha value is -1.91. The van der Waals surface area contributed by atoms with E-state index in [0.717, 1.165) is 10.8 Å². The third kappa shape index (κ3) is 3.35. The molecule has 0 radical (unpaired) electrons. The molecule has 0 heterocycles. The number of hydrogen-bond acceptors (Lipinski definition) is 3. The van der Waals surface area contributed by atoms with Crippen LogP contribution in [0.15, 0.2) is 42.5 Å². The third-order valence-corrected chi connectivity index (χ3v) is 3.12. The van der Waals surface area contributed by atoms with Crippen LogP contribution in [0.2, 0.25) is 0 Å². The largest absolute Gasteiger partial charge is 0.386 e. The zero-order chi connectivity index (χ0) is 14.6. The number of rotatable bonds is 5. The average Bonchev–Trinajstić information content (AvgIpc) is 2.44. The summed E-state index contributed by atoms with van der Waals surface area (Å²) in [6, 6.07) is 13.3. The monoisotopic (exact) mass is 273 g/mol. The second-order valence-electron chi connectivity index (χ2n) is 5.14. The molecule has 0 bridgehead atoms. The van der Waals surface area contributed by atoms with Crippen molar-refractivity contribution in [3.63, 3.8) is 0 Å². The van der Waals surface area contributed by atoms with Crippen LogP contribution in [0.5, 0.6) is 0 Å². The second kappa shape index (κ2) is 6.03. The van der Waals surface area contributed by atoms with Crippen molar-refractivity contribution in [3.8, 4) is 0 Å². The van der Waals surface area contributed by atoms with Gasteiger partial charge in [0.25, 0.3) is 5.91 Å². The number of amides is 1. The maximum atomic E-state index is 12.2. The Balaban J connectivity index is 2.16. The summed E-state index contributed by atoms with van der Waals surface area (Å²) in [7, 11) is 1.51. The van der Waals surface area contributed by atoms with Gasteiger partial charge < -0.3 is 15.2 Å². The van der Waals surface area contributed by atoms with Crippen molar-refractivity contribution >= 4 is 16.7 Å². The lowest BCUT2D eigenvalue weighted by molar-refractivity contribution is -0.0146. The van der Waals surface area contributed by atoms with Gasteiger partial charge >= 0.3 is 0 Å². The molecule has 0 aromatic heterocycles. The standard InChI is InChI=1S/C16H19NO3/c1-16(19,11-20-2)10-17-15(18)14-9-5-7-12-6-3-4-8-13(12)14/h3-9,19H,10-11H2,1-2H3,(H,17,18). The van der Waals surface area contributed by atoms with Crippen molar-refractivity contribution in [1.29, 1.82) is 0 Å². The molecular formula is C16H19NO3. The second-order valence-corrected chi connectivity index (χ2v) is 5.14. The Labute approximate surface area is 118 Å². The van der Waals surface area contributed by atoms with Crippen molar-refractivity contribution in [2.24, 2.45) is 0 Å². The molecule has 0 saturated heterocycles. The normalized spacial score (nSPS) is 13.9. The van der Waals surface area contributed by atoms with Crippen LogP contribution in [-0.2, 0) is 4.74 Å². The fraction of sp³-hybridized carbons (Fsp3) is 0.312. The lowest BCUT2D eigenvalue weighted by Gasteiger charge is -2.22. The number of fused-ring (bicyclic) bond motifs is 1. The van der Waals surface area contributed by atoms with Crippen molar-refractivity contribution < 1.29 is 14.6 Å². The van der Waals surface area contributed by atoms with Crippen LogP contribution >= 0.6 is 0 Å². The molecule has 0 aliphatic heterocycles. The van der Waals surface area contributed by atoms with Crippen LogP contribution in [0.3, 0.4) is 0 Å². The van der Waals surface area contributed by atoms with Gasteiger partial charge in [0.15, 0.2) is 0 Å². The molecule has 1 atom stereocenters. The van der Waals surface area contributed by atoms with Gasteiger partial charge in [-0.3, -0.25) is 4.79 Å². The summed E-state index contributed by atoms with van der Waals surface area (Å²) in [6.45, 7) is 1.94. The summed E-state index contributed by atoms with van der Waals surface area (Å²) >= 11 is 0. The highest BCUT2D eigenvalue weighted by Crippen LogP contribution is 2.18. The maximum absolute atomic E-state index is 12.2. The van der Waals surface area contributed by atoms with E-state index in [0.29, 0.717) is 5.56 Å². The molecule has 0 fully saturated rings. The van der Waals surface area contributed by atoms with Gasteiger partial charge in [0.05, 0.1) is 6.61 Å². The molecule has 106 valence electrons. The van der Waals surface area contributed by atoms with Gasteiger partial charge in [-0.05, 0) is 23.8 Å². The lowest BCUT2D eigenvalue weighted by atomic mass is 10.0. The van der Waals surface area contributed by atoms with Gasteiger partial charge in [0.2, 0.25) is 0 Å². The van der Waals surface area contributed by atoms with Crippen LogP contribution < -0.4 is 5.32 Å². The molecule has 2 N–H and O–H groups in total. The van der Waals surface area contributed by atoms with Gasteiger partial charge in [-0.25, -0.2) is 0 Å². The molecular weight excluding hydrogens is 254 g/mol. The summed E-state index contributed by atoms with van der Waals surface area (Å²) in [6.07, 6.45) is 0. The molecule has 1 unspecified atom stereocenters. The Morgan fingerprint density at radius 1 is 1.25 bits per heavy atom. The number of nitrogens with one attached hydrogen (secondary N) is 1. The molecule has 20 heavy (non-hydrogen) atoms. The molecule has 0 aliphatic rings. The number of methoxy groups -OCH3 is 1. The van der Waals surface area contributed by atoms with E-state index in [9.17, 15) is 9.90 Å². The summed E-state index contributed by atoms with van der Waals surface area (Å²) in [5, 5.41) is 14.7. The SMILES string of the molecule is COCC(C)(O)CNC(=O)c1cccc2ccccc12. The van der Waals surface area contributed by atoms with E-state index in [1.165, 1.54) is 7.11 Å². The Morgan fingerprint density at radius 3 is 2.70 bits per heavy atom. The van der Waals surface area contributed by atoms with Crippen LogP contribution in [0, 0.1) is 0 Å². The number of benzene rings is 2. The van der Waals surface area contributed by atoms with Gasteiger partial charge in [0, 0.05) is 19.2 Å². The molecule has 0 saturated carbocycles. The van der Waals surface area contributed by atoms with E-state index in [2.05, 4.69) is 5.32 Å². The van der Waals surface area contributed by atoms with Gasteiger partial charge in [-0.15, -0.1) is 0 Å². The van der Waals surface area contributed by atoms with E-state index in [4.69, 9.17) is 4.74 Å². The van der Waals surface area contributed by atoms with Crippen molar-refractivity contribution in [1.82, 2.24) is 5.32 Å². The van der Waals surface area contributed by atoms with Gasteiger partial charge in [-0.1, -0.05) is 36.4 Å². The highest BCUT2D eigenvalue weighted by atomic mass is 16.5. The number of ether oxygens (including phenoxy) is 1. The number of aliphatic hydroxyl groups is 1. The Kier molecular flexibility index (Phi) is 4.37. The van der Waals surface area contributed by atoms with Crippen molar-refractivity contribution in [2.75, 3.05) is 20.3 Å². The van der Waals surface area contributed by atoms with Crippen molar-refractivity contribution in [3.05, 3.63) is 48.0 Å². The zero-order valence-corrected chi connectivity index (χ0v) is 11.7. The number of carbonyl (C=O) groups excluding carboxylic acids is 1. The number of hydrogen-bond donors (Lipinski definition) is 2. The first-order valence-corrected chi connectivity index (χ1v) is 6.51. The first-order valence-electron chi connectivity index (χ1n) is 6.51. The van der Waals surface area contributed by atoms with E-state index in [1.54, 1.807) is 13.0 Å². The highest BCUT2D eigenvalue weighted by molar-refractivity contribution is 6.07. The predicted molar refractivity (Wildman–Crippen MR) is 78.8 cm³/mol. The number of carbonyl (C=O) groups is 1. The van der Waals surface area contributed by atoms with Crippen molar-refractivity contribution in [2.45, 2.75) is 12.5 Å². The molecule has 4 nitrogen and oxygen atoms in total. The minimum atomic E-state index is -1.07. The molecule has 2 aromatic carbocycles. The average molecular weight is 273 g/mol. The molecule has 4 heteroatoms. The summed E-state index contributed by atoms with van der Waals surface area (Å²) in [4.78, 5) is 12.2. The smallest absolute Gasteiger partial charge is 0.252 e. The molecule has 1 amide bonds. The molecule has 2 rings (SSSR count). The molecule has 0 aliphatic carbocycles. The highest BCUT2D eigenvalue weighted by Gasteiger charge is 2.21. The zero-order valence-electron chi connectivity index (χ0n) is 11.7. The lowest BCUT2D eigenvalue weighted by Crippen LogP contribution is -2.43. The fourth-order valence-corrected chi connectivity index (χ4v) is 2.15. The minimum absolute atomic E-state index is 0.142. The summed E-state index contributed by atoms with van der Waals surface area (Å²) in [5.41, 5.74) is -0.467. The van der Waals surface area contributed by atoms with Crippen LogP contribution in [0.1, 0.15) is 17.3 Å². The quantitative estimate of drug-likeness (QED) is 0.875.